The lowest BCUT2D eigenvalue weighted by Crippen LogP contribution is -2.52. The standard InChI is InChI=1S/C20H27N3O4/c1-13-4-5-16-14(10-13)15(11-19(2,3)26-16)22-17(24)23-8-6-20(7-9-23)12-21-18(25)27-20/h4-5,10,15H,6-9,11-12H2,1-3H3,(H,21,25)(H,22,24)/t15-/m1/s1. The molecule has 1 aromatic carbocycles. The lowest BCUT2D eigenvalue weighted by Gasteiger charge is -2.40. The molecule has 0 aromatic heterocycles. The highest BCUT2D eigenvalue weighted by molar-refractivity contribution is 5.75. The number of likely N-dealkylation sites (tertiary alicyclic amines) is 1. The molecule has 2 fully saturated rings. The first-order valence-electron chi connectivity index (χ1n) is 9.57. The third-order valence-electron chi connectivity index (χ3n) is 5.75. The summed E-state index contributed by atoms with van der Waals surface area (Å²) in [6.45, 7) is 7.81. The lowest BCUT2D eigenvalue weighted by molar-refractivity contribution is 0.00892. The second kappa shape index (κ2) is 6.32. The summed E-state index contributed by atoms with van der Waals surface area (Å²) in [5, 5.41) is 5.92. The molecule has 0 aliphatic carbocycles. The minimum absolute atomic E-state index is 0.0720. The lowest BCUT2D eigenvalue weighted by atomic mass is 9.89. The number of nitrogens with zero attached hydrogens (tertiary/aromatic N) is 1. The van der Waals surface area contributed by atoms with Crippen LogP contribution in [0.2, 0.25) is 0 Å². The highest BCUT2D eigenvalue weighted by Crippen LogP contribution is 2.40. The van der Waals surface area contributed by atoms with Gasteiger partial charge in [0, 0.05) is 37.9 Å². The van der Waals surface area contributed by atoms with Gasteiger partial charge in [0.05, 0.1) is 12.6 Å². The average molecular weight is 373 g/mol. The normalized spacial score (nSPS) is 25.2. The second-order valence-electron chi connectivity index (χ2n) is 8.52. The van der Waals surface area contributed by atoms with E-state index in [1.54, 1.807) is 0 Å². The fourth-order valence-electron chi connectivity index (χ4n) is 4.24. The summed E-state index contributed by atoms with van der Waals surface area (Å²) >= 11 is 0. The van der Waals surface area contributed by atoms with Gasteiger partial charge >= 0.3 is 12.1 Å². The number of carbonyl (C=O) groups excluding carboxylic acids is 2. The Morgan fingerprint density at radius 2 is 2.00 bits per heavy atom. The van der Waals surface area contributed by atoms with E-state index in [1.165, 1.54) is 0 Å². The molecule has 1 atom stereocenters. The molecular formula is C20H27N3O4. The van der Waals surface area contributed by atoms with Gasteiger partial charge in [-0.05, 0) is 26.8 Å². The SMILES string of the molecule is Cc1ccc2c(c1)[C@H](NC(=O)N1CCC3(CC1)CNC(=O)O3)CC(C)(C)O2. The summed E-state index contributed by atoms with van der Waals surface area (Å²) in [5.41, 5.74) is 1.39. The first-order chi connectivity index (χ1) is 12.8. The zero-order valence-corrected chi connectivity index (χ0v) is 16.1. The van der Waals surface area contributed by atoms with Crippen LogP contribution in [-0.4, -0.2) is 47.9 Å². The Bertz CT molecular complexity index is 768. The molecule has 3 amide bonds. The first kappa shape index (κ1) is 17.9. The van der Waals surface area contributed by atoms with Crippen molar-refractivity contribution in [2.24, 2.45) is 0 Å². The van der Waals surface area contributed by atoms with E-state index >= 15 is 0 Å². The number of hydrogen-bond donors (Lipinski definition) is 2. The number of aryl methyl sites for hydroxylation is 1. The van der Waals surface area contributed by atoms with E-state index in [2.05, 4.69) is 16.7 Å². The number of rotatable bonds is 1. The van der Waals surface area contributed by atoms with Gasteiger partial charge < -0.3 is 25.0 Å². The number of fused-ring (bicyclic) bond motifs is 1. The smallest absolute Gasteiger partial charge is 0.407 e. The number of benzene rings is 1. The van der Waals surface area contributed by atoms with E-state index in [9.17, 15) is 9.59 Å². The van der Waals surface area contributed by atoms with E-state index < -0.39 is 5.60 Å². The summed E-state index contributed by atoms with van der Waals surface area (Å²) in [4.78, 5) is 26.1. The number of hydrogen-bond acceptors (Lipinski definition) is 4. The number of carbonyl (C=O) groups is 2. The monoisotopic (exact) mass is 373 g/mol. The molecule has 0 radical (unpaired) electrons. The Balaban J connectivity index is 1.44. The molecule has 146 valence electrons. The van der Waals surface area contributed by atoms with Gasteiger partial charge in [-0.3, -0.25) is 0 Å². The molecule has 1 aromatic rings. The fourth-order valence-corrected chi connectivity index (χ4v) is 4.24. The van der Waals surface area contributed by atoms with Crippen LogP contribution in [0, 0.1) is 6.92 Å². The minimum atomic E-state index is -0.446. The van der Waals surface area contributed by atoms with Gasteiger partial charge in [-0.25, -0.2) is 9.59 Å². The second-order valence-corrected chi connectivity index (χ2v) is 8.52. The Morgan fingerprint density at radius 3 is 2.67 bits per heavy atom. The molecular weight excluding hydrogens is 346 g/mol. The van der Waals surface area contributed by atoms with Gasteiger partial charge in [0.15, 0.2) is 0 Å². The van der Waals surface area contributed by atoms with Crippen LogP contribution in [0.25, 0.3) is 0 Å². The third-order valence-corrected chi connectivity index (χ3v) is 5.75. The van der Waals surface area contributed by atoms with Crippen molar-refractivity contribution >= 4 is 12.1 Å². The zero-order valence-electron chi connectivity index (χ0n) is 16.1. The third kappa shape index (κ3) is 3.55. The van der Waals surface area contributed by atoms with Gasteiger partial charge in [-0.2, -0.15) is 0 Å². The van der Waals surface area contributed by atoms with Crippen LogP contribution >= 0.6 is 0 Å². The summed E-state index contributed by atoms with van der Waals surface area (Å²) in [7, 11) is 0. The van der Waals surface area contributed by atoms with Crippen LogP contribution in [0.5, 0.6) is 5.75 Å². The molecule has 1 spiro atoms. The number of urea groups is 1. The number of piperidine rings is 1. The van der Waals surface area contributed by atoms with Crippen LogP contribution in [0.1, 0.15) is 50.3 Å². The molecule has 7 nitrogen and oxygen atoms in total. The van der Waals surface area contributed by atoms with Crippen molar-refractivity contribution < 1.29 is 19.1 Å². The predicted molar refractivity (Wildman–Crippen MR) is 99.8 cm³/mol. The highest BCUT2D eigenvalue weighted by Gasteiger charge is 2.44. The van der Waals surface area contributed by atoms with Gasteiger partial charge in [0.1, 0.15) is 17.0 Å². The number of nitrogens with one attached hydrogen (secondary N) is 2. The summed E-state index contributed by atoms with van der Waals surface area (Å²) in [5.74, 6) is 0.837. The summed E-state index contributed by atoms with van der Waals surface area (Å²) < 4.78 is 11.5. The van der Waals surface area contributed by atoms with E-state index in [4.69, 9.17) is 9.47 Å². The molecule has 7 heteroatoms. The van der Waals surface area contributed by atoms with E-state index in [0.29, 0.717) is 38.9 Å². The van der Waals surface area contributed by atoms with E-state index in [-0.39, 0.29) is 23.8 Å². The fraction of sp³-hybridized carbons (Fsp3) is 0.600. The Labute approximate surface area is 159 Å². The number of ether oxygens (including phenoxy) is 2. The Hall–Kier alpha value is -2.44. The van der Waals surface area contributed by atoms with Crippen molar-refractivity contribution in [3.8, 4) is 5.75 Å². The van der Waals surface area contributed by atoms with Crippen molar-refractivity contribution in [3.63, 3.8) is 0 Å². The van der Waals surface area contributed by atoms with Gasteiger partial charge in [0.25, 0.3) is 0 Å². The molecule has 27 heavy (non-hydrogen) atoms. The molecule has 0 saturated carbocycles. The predicted octanol–water partition coefficient (Wildman–Crippen LogP) is 2.88. The van der Waals surface area contributed by atoms with Crippen molar-refractivity contribution in [1.29, 1.82) is 0 Å². The molecule has 4 rings (SSSR count). The van der Waals surface area contributed by atoms with Crippen molar-refractivity contribution in [2.75, 3.05) is 19.6 Å². The maximum Gasteiger partial charge on any atom is 0.407 e. The first-order valence-corrected chi connectivity index (χ1v) is 9.57. The largest absolute Gasteiger partial charge is 0.487 e. The summed E-state index contributed by atoms with van der Waals surface area (Å²) in [6.07, 6.45) is 1.68. The van der Waals surface area contributed by atoms with Crippen molar-refractivity contribution in [3.05, 3.63) is 29.3 Å². The van der Waals surface area contributed by atoms with Gasteiger partial charge in [-0.1, -0.05) is 17.7 Å². The molecule has 2 N–H and O–H groups in total. The van der Waals surface area contributed by atoms with Gasteiger partial charge in [-0.15, -0.1) is 0 Å². The van der Waals surface area contributed by atoms with Crippen molar-refractivity contribution in [1.82, 2.24) is 15.5 Å². The maximum atomic E-state index is 12.9. The maximum absolute atomic E-state index is 12.9. The van der Waals surface area contributed by atoms with E-state index in [1.807, 2.05) is 37.8 Å². The molecule has 3 heterocycles. The van der Waals surface area contributed by atoms with Crippen molar-refractivity contribution in [2.45, 2.75) is 57.3 Å². The van der Waals surface area contributed by atoms with Crippen LogP contribution < -0.4 is 15.4 Å². The number of alkyl carbamates (subject to hydrolysis) is 1. The average Bonchev–Trinajstić information content (AvgIpc) is 2.96. The minimum Gasteiger partial charge on any atom is -0.487 e. The summed E-state index contributed by atoms with van der Waals surface area (Å²) in [6, 6.07) is 5.94. The number of amides is 3. The molecule has 0 unspecified atom stereocenters. The molecule has 2 saturated heterocycles. The molecule has 3 aliphatic heterocycles. The van der Waals surface area contributed by atoms with Crippen LogP contribution in [-0.2, 0) is 4.74 Å². The quantitative estimate of drug-likeness (QED) is 0.793. The van der Waals surface area contributed by atoms with Gasteiger partial charge in [0.2, 0.25) is 0 Å². The zero-order chi connectivity index (χ0) is 19.2. The van der Waals surface area contributed by atoms with E-state index in [0.717, 1.165) is 16.9 Å². The topological polar surface area (TPSA) is 79.9 Å². The van der Waals surface area contributed by atoms with Crippen LogP contribution in [0.4, 0.5) is 9.59 Å². The highest BCUT2D eigenvalue weighted by atomic mass is 16.6. The van der Waals surface area contributed by atoms with Crippen LogP contribution in [0.15, 0.2) is 18.2 Å². The molecule has 0 bridgehead atoms. The van der Waals surface area contributed by atoms with Crippen LogP contribution in [0.3, 0.4) is 0 Å². The Kier molecular flexibility index (Phi) is 4.20. The Morgan fingerprint density at radius 1 is 1.26 bits per heavy atom. The molecule has 3 aliphatic rings.